The minimum Gasteiger partial charge on any atom is -0.489 e. The molecule has 2 nitrogen and oxygen atoms in total. The molecular weight excluding hydrogens is 234 g/mol. The second kappa shape index (κ2) is 5.54. The smallest absolute Gasteiger partial charge is 0.122 e. The Morgan fingerprint density at radius 1 is 1.26 bits per heavy atom. The zero-order valence-electron chi connectivity index (χ0n) is 12.9. The van der Waals surface area contributed by atoms with Gasteiger partial charge in [-0.25, -0.2) is 0 Å². The fourth-order valence-corrected chi connectivity index (χ4v) is 3.29. The maximum Gasteiger partial charge on any atom is 0.122 e. The molecule has 0 amide bonds. The van der Waals surface area contributed by atoms with Crippen molar-refractivity contribution >= 4 is 0 Å². The van der Waals surface area contributed by atoms with Gasteiger partial charge in [-0.3, -0.25) is 0 Å². The van der Waals surface area contributed by atoms with Crippen molar-refractivity contribution in [3.63, 3.8) is 0 Å². The van der Waals surface area contributed by atoms with E-state index in [0.717, 1.165) is 12.2 Å². The molecule has 1 fully saturated rings. The highest BCUT2D eigenvalue weighted by atomic mass is 16.5. The summed E-state index contributed by atoms with van der Waals surface area (Å²) in [5.41, 5.74) is 2.79. The van der Waals surface area contributed by atoms with Crippen molar-refractivity contribution in [2.45, 2.75) is 59.1 Å². The highest BCUT2D eigenvalue weighted by Gasteiger charge is 2.39. The summed E-state index contributed by atoms with van der Waals surface area (Å²) in [5, 5.41) is 3.47. The van der Waals surface area contributed by atoms with Gasteiger partial charge in [0.05, 0.1) is 0 Å². The van der Waals surface area contributed by atoms with Crippen LogP contribution in [0.3, 0.4) is 0 Å². The second-order valence-corrected chi connectivity index (χ2v) is 6.57. The first-order valence-corrected chi connectivity index (χ1v) is 7.35. The van der Waals surface area contributed by atoms with Crippen LogP contribution in [-0.4, -0.2) is 19.2 Å². The third-order valence-electron chi connectivity index (χ3n) is 4.46. The molecule has 19 heavy (non-hydrogen) atoms. The predicted octanol–water partition coefficient (Wildman–Crippen LogP) is 3.85. The minimum atomic E-state index is 0.272. The quantitative estimate of drug-likeness (QED) is 0.892. The van der Waals surface area contributed by atoms with Crippen molar-refractivity contribution in [1.82, 2.24) is 5.32 Å². The molecule has 2 heteroatoms. The lowest BCUT2D eigenvalue weighted by Crippen LogP contribution is -2.53. The Bertz CT molecular complexity index is 439. The van der Waals surface area contributed by atoms with Gasteiger partial charge in [0.2, 0.25) is 0 Å². The van der Waals surface area contributed by atoms with Gasteiger partial charge in [-0.1, -0.05) is 26.0 Å². The molecule has 0 radical (unpaired) electrons. The molecule has 2 atom stereocenters. The lowest BCUT2D eigenvalue weighted by Gasteiger charge is -2.43. The molecular formula is C17H27NO. The number of nitrogens with one attached hydrogen (secondary N) is 1. The Balaban J connectivity index is 2.19. The molecule has 1 aliphatic carbocycles. The van der Waals surface area contributed by atoms with Gasteiger partial charge < -0.3 is 10.1 Å². The highest BCUT2D eigenvalue weighted by molar-refractivity contribution is 5.36. The van der Waals surface area contributed by atoms with Crippen LogP contribution in [0.4, 0.5) is 0 Å². The predicted molar refractivity (Wildman–Crippen MR) is 80.8 cm³/mol. The van der Waals surface area contributed by atoms with E-state index in [0.29, 0.717) is 11.5 Å². The van der Waals surface area contributed by atoms with Crippen LogP contribution in [0.1, 0.15) is 44.2 Å². The van der Waals surface area contributed by atoms with Crippen LogP contribution in [0.5, 0.6) is 5.75 Å². The minimum absolute atomic E-state index is 0.272. The first-order chi connectivity index (χ1) is 8.94. The first-order valence-electron chi connectivity index (χ1n) is 7.35. The normalized spacial score (nSPS) is 26.2. The largest absolute Gasteiger partial charge is 0.489 e. The molecule has 0 heterocycles. The van der Waals surface area contributed by atoms with Crippen LogP contribution in [-0.2, 0) is 0 Å². The van der Waals surface area contributed by atoms with Gasteiger partial charge in [-0.2, -0.15) is 0 Å². The zero-order chi connectivity index (χ0) is 14.0. The van der Waals surface area contributed by atoms with Gasteiger partial charge in [0.25, 0.3) is 0 Å². The van der Waals surface area contributed by atoms with E-state index < -0.39 is 0 Å². The van der Waals surface area contributed by atoms with Gasteiger partial charge in [-0.05, 0) is 62.8 Å². The molecule has 0 saturated heterocycles. The van der Waals surface area contributed by atoms with Gasteiger partial charge in [0.1, 0.15) is 11.9 Å². The Labute approximate surface area is 117 Å². The number of benzene rings is 1. The summed E-state index contributed by atoms with van der Waals surface area (Å²) in [6.07, 6.45) is 3.93. The van der Waals surface area contributed by atoms with Crippen LogP contribution >= 0.6 is 0 Å². The molecule has 1 aromatic carbocycles. The summed E-state index contributed by atoms with van der Waals surface area (Å²) >= 11 is 0. The average molecular weight is 261 g/mol. The molecule has 0 aromatic heterocycles. The molecule has 106 valence electrons. The summed E-state index contributed by atoms with van der Waals surface area (Å²) in [4.78, 5) is 0. The standard InChI is InChI=1S/C17H27NO/c1-12-8-9-13(2)15(11-12)19-14-7-6-10-17(3,4)16(14)18-5/h8-9,11,14,16,18H,6-7,10H2,1-5H3. The number of likely N-dealkylation sites (N-methyl/N-ethyl adjacent to an activating group) is 1. The summed E-state index contributed by atoms with van der Waals surface area (Å²) in [6, 6.07) is 6.86. The van der Waals surface area contributed by atoms with Crippen LogP contribution in [0.2, 0.25) is 0 Å². The van der Waals surface area contributed by atoms with Crippen LogP contribution < -0.4 is 10.1 Å². The Hall–Kier alpha value is -1.02. The van der Waals surface area contributed by atoms with E-state index in [2.05, 4.69) is 58.3 Å². The van der Waals surface area contributed by atoms with Crippen molar-refractivity contribution in [1.29, 1.82) is 0 Å². The highest BCUT2D eigenvalue weighted by Crippen LogP contribution is 2.37. The van der Waals surface area contributed by atoms with Crippen molar-refractivity contribution in [2.24, 2.45) is 5.41 Å². The van der Waals surface area contributed by atoms with Gasteiger partial charge in [0, 0.05) is 6.04 Å². The van der Waals surface area contributed by atoms with E-state index in [1.807, 2.05) is 0 Å². The van der Waals surface area contributed by atoms with Crippen LogP contribution in [0, 0.1) is 19.3 Å². The molecule has 1 aromatic rings. The average Bonchev–Trinajstić information content (AvgIpc) is 2.33. The Morgan fingerprint density at radius 3 is 2.68 bits per heavy atom. The van der Waals surface area contributed by atoms with Crippen LogP contribution in [0.25, 0.3) is 0 Å². The zero-order valence-corrected chi connectivity index (χ0v) is 12.9. The molecule has 1 N–H and O–H groups in total. The molecule has 1 aliphatic rings. The van der Waals surface area contributed by atoms with E-state index in [9.17, 15) is 0 Å². The second-order valence-electron chi connectivity index (χ2n) is 6.57. The third kappa shape index (κ3) is 3.11. The van der Waals surface area contributed by atoms with Crippen molar-refractivity contribution in [3.8, 4) is 5.75 Å². The van der Waals surface area contributed by atoms with E-state index in [4.69, 9.17) is 4.74 Å². The van der Waals surface area contributed by atoms with Gasteiger partial charge >= 0.3 is 0 Å². The Kier molecular flexibility index (Phi) is 4.19. The van der Waals surface area contributed by atoms with Crippen molar-refractivity contribution in [3.05, 3.63) is 29.3 Å². The van der Waals surface area contributed by atoms with E-state index >= 15 is 0 Å². The molecule has 1 saturated carbocycles. The summed E-state index contributed by atoms with van der Waals surface area (Å²) in [5.74, 6) is 1.04. The number of rotatable bonds is 3. The summed E-state index contributed by atoms with van der Waals surface area (Å²) in [7, 11) is 2.05. The number of ether oxygens (including phenoxy) is 1. The first kappa shape index (κ1) is 14.4. The molecule has 0 aliphatic heterocycles. The Morgan fingerprint density at radius 2 is 2.00 bits per heavy atom. The summed E-state index contributed by atoms with van der Waals surface area (Å²) in [6.45, 7) is 8.92. The number of hydrogen-bond acceptors (Lipinski definition) is 2. The molecule has 0 spiro atoms. The van der Waals surface area contributed by atoms with Crippen molar-refractivity contribution < 1.29 is 4.74 Å². The molecule has 0 bridgehead atoms. The SMILES string of the molecule is CNC1C(Oc2cc(C)ccc2C)CCCC1(C)C. The number of hydrogen-bond donors (Lipinski definition) is 1. The number of aryl methyl sites for hydroxylation is 2. The maximum atomic E-state index is 6.34. The van der Waals surface area contributed by atoms with E-state index in [1.54, 1.807) is 0 Å². The summed E-state index contributed by atoms with van der Waals surface area (Å²) < 4.78 is 6.34. The molecule has 2 rings (SSSR count). The lowest BCUT2D eigenvalue weighted by molar-refractivity contribution is 0.0399. The maximum absolute atomic E-state index is 6.34. The fraction of sp³-hybridized carbons (Fsp3) is 0.647. The van der Waals surface area contributed by atoms with Gasteiger partial charge in [0.15, 0.2) is 0 Å². The van der Waals surface area contributed by atoms with Crippen LogP contribution in [0.15, 0.2) is 18.2 Å². The van der Waals surface area contributed by atoms with E-state index in [1.165, 1.54) is 24.0 Å². The lowest BCUT2D eigenvalue weighted by atomic mass is 9.72. The van der Waals surface area contributed by atoms with E-state index in [-0.39, 0.29) is 6.10 Å². The topological polar surface area (TPSA) is 21.3 Å². The monoisotopic (exact) mass is 261 g/mol. The van der Waals surface area contributed by atoms with Crippen molar-refractivity contribution in [2.75, 3.05) is 7.05 Å². The third-order valence-corrected chi connectivity index (χ3v) is 4.46. The fourth-order valence-electron chi connectivity index (χ4n) is 3.29. The molecule has 2 unspecified atom stereocenters. The van der Waals surface area contributed by atoms with Gasteiger partial charge in [-0.15, -0.1) is 0 Å².